The quantitative estimate of drug-likeness (QED) is 0.493. The van der Waals surface area contributed by atoms with Crippen molar-refractivity contribution in [2.75, 3.05) is 0 Å². The molecule has 6 nitrogen and oxygen atoms in total. The predicted octanol–water partition coefficient (Wildman–Crippen LogP) is 2.04. The maximum absolute atomic E-state index is 10.4. The number of hydrogen-bond acceptors (Lipinski definition) is 4. The van der Waals surface area contributed by atoms with Gasteiger partial charge in [-0.1, -0.05) is 0 Å². The lowest BCUT2D eigenvalue weighted by atomic mass is 10.4. The molecule has 0 saturated heterocycles. The van der Waals surface area contributed by atoms with Gasteiger partial charge in [0.25, 0.3) is 0 Å². The van der Waals surface area contributed by atoms with Crippen LogP contribution >= 0.6 is 22.6 Å². The van der Waals surface area contributed by atoms with Crippen molar-refractivity contribution in [3.63, 3.8) is 0 Å². The lowest BCUT2D eigenvalue weighted by Gasteiger charge is -1.95. The Hall–Kier alpha value is -1.38. The summed E-state index contributed by atoms with van der Waals surface area (Å²) in [6, 6.07) is 2.91. The molecule has 15 heavy (non-hydrogen) atoms. The summed E-state index contributed by atoms with van der Waals surface area (Å²) in [5, 5.41) is 14.4. The van der Waals surface area contributed by atoms with Gasteiger partial charge in [0.2, 0.25) is 0 Å². The Balaban J connectivity index is 2.14. The number of nitro groups is 1. The van der Waals surface area contributed by atoms with Gasteiger partial charge in [0.1, 0.15) is 10.7 Å². The number of furan rings is 1. The van der Waals surface area contributed by atoms with Crippen LogP contribution in [0.1, 0.15) is 5.76 Å². The molecule has 0 atom stereocenters. The third-order valence-electron chi connectivity index (χ3n) is 1.75. The fourth-order valence-corrected chi connectivity index (χ4v) is 1.58. The van der Waals surface area contributed by atoms with E-state index < -0.39 is 4.92 Å². The van der Waals surface area contributed by atoms with Crippen molar-refractivity contribution >= 4 is 28.5 Å². The molecule has 0 unspecified atom stereocenters. The smallest absolute Gasteiger partial charge is 0.404 e. The Labute approximate surface area is 98.2 Å². The second-order valence-electron chi connectivity index (χ2n) is 2.85. The van der Waals surface area contributed by atoms with Crippen molar-refractivity contribution in [2.24, 2.45) is 0 Å². The van der Waals surface area contributed by atoms with Crippen molar-refractivity contribution < 1.29 is 9.34 Å². The minimum absolute atomic E-state index is 0.244. The van der Waals surface area contributed by atoms with Crippen LogP contribution in [-0.2, 0) is 6.54 Å². The van der Waals surface area contributed by atoms with Gasteiger partial charge in [-0.05, 0) is 28.7 Å². The predicted molar refractivity (Wildman–Crippen MR) is 59.4 cm³/mol. The van der Waals surface area contributed by atoms with E-state index in [0.29, 0.717) is 12.3 Å². The number of halogens is 1. The third kappa shape index (κ3) is 2.35. The third-order valence-corrected chi connectivity index (χ3v) is 2.30. The van der Waals surface area contributed by atoms with Gasteiger partial charge in [-0.25, -0.2) is 0 Å². The highest BCUT2D eigenvalue weighted by atomic mass is 127. The standard InChI is InChI=1S/C8H6IN3O3/c9-6-3-10-11(4-6)5-7-1-2-8(15-7)12(13)14/h1-4H,5H2. The molecule has 0 aromatic carbocycles. The summed E-state index contributed by atoms with van der Waals surface area (Å²) < 4.78 is 7.66. The van der Waals surface area contributed by atoms with Crippen LogP contribution in [0.15, 0.2) is 28.9 Å². The minimum atomic E-state index is -0.559. The van der Waals surface area contributed by atoms with E-state index >= 15 is 0 Å². The Bertz CT molecular complexity index is 491. The molecule has 2 aromatic rings. The average molecular weight is 319 g/mol. The van der Waals surface area contributed by atoms with Gasteiger partial charge in [-0.3, -0.25) is 14.8 Å². The van der Waals surface area contributed by atoms with Crippen LogP contribution in [0.5, 0.6) is 0 Å². The van der Waals surface area contributed by atoms with Crippen LogP contribution in [-0.4, -0.2) is 14.7 Å². The molecule has 2 rings (SSSR count). The summed E-state index contributed by atoms with van der Waals surface area (Å²) >= 11 is 2.14. The molecule has 0 fully saturated rings. The average Bonchev–Trinajstić information content (AvgIpc) is 2.76. The zero-order chi connectivity index (χ0) is 10.8. The fraction of sp³-hybridized carbons (Fsp3) is 0.125. The maximum Gasteiger partial charge on any atom is 0.433 e. The largest absolute Gasteiger partial charge is 0.433 e. The topological polar surface area (TPSA) is 74.1 Å². The number of nitrogens with zero attached hydrogens (tertiary/aromatic N) is 3. The molecule has 0 aliphatic heterocycles. The molecule has 0 spiro atoms. The first-order valence-electron chi connectivity index (χ1n) is 4.06. The highest BCUT2D eigenvalue weighted by Gasteiger charge is 2.11. The van der Waals surface area contributed by atoms with E-state index in [1.807, 2.05) is 6.20 Å². The van der Waals surface area contributed by atoms with Gasteiger partial charge >= 0.3 is 5.88 Å². The second-order valence-corrected chi connectivity index (χ2v) is 4.10. The molecule has 0 radical (unpaired) electrons. The number of rotatable bonds is 3. The zero-order valence-electron chi connectivity index (χ0n) is 7.46. The molecular weight excluding hydrogens is 313 g/mol. The van der Waals surface area contributed by atoms with Crippen molar-refractivity contribution in [1.29, 1.82) is 0 Å². The maximum atomic E-state index is 10.4. The lowest BCUT2D eigenvalue weighted by molar-refractivity contribution is -0.402. The van der Waals surface area contributed by atoms with E-state index in [1.54, 1.807) is 16.9 Å². The van der Waals surface area contributed by atoms with Crippen molar-refractivity contribution in [2.45, 2.75) is 6.54 Å². The van der Waals surface area contributed by atoms with Crippen LogP contribution in [0.25, 0.3) is 0 Å². The molecule has 0 aliphatic carbocycles. The van der Waals surface area contributed by atoms with Crippen LogP contribution in [0.4, 0.5) is 5.88 Å². The van der Waals surface area contributed by atoms with E-state index in [-0.39, 0.29) is 5.88 Å². The molecule has 2 aromatic heterocycles. The van der Waals surface area contributed by atoms with Crippen LogP contribution in [0.3, 0.4) is 0 Å². The number of hydrogen-bond donors (Lipinski definition) is 0. The highest BCUT2D eigenvalue weighted by Crippen LogP contribution is 2.16. The molecule has 2 heterocycles. The Morgan fingerprint density at radius 2 is 2.40 bits per heavy atom. The van der Waals surface area contributed by atoms with E-state index in [4.69, 9.17) is 4.42 Å². The first-order chi connectivity index (χ1) is 7.15. The molecule has 0 saturated carbocycles. The van der Waals surface area contributed by atoms with Crippen molar-refractivity contribution in [3.05, 3.63) is 44.0 Å². The summed E-state index contributed by atoms with van der Waals surface area (Å²) in [7, 11) is 0. The van der Waals surface area contributed by atoms with E-state index in [1.165, 1.54) is 6.07 Å². The monoisotopic (exact) mass is 319 g/mol. The van der Waals surface area contributed by atoms with Crippen LogP contribution in [0, 0.1) is 13.7 Å². The molecule has 0 aliphatic rings. The zero-order valence-corrected chi connectivity index (χ0v) is 9.62. The highest BCUT2D eigenvalue weighted by molar-refractivity contribution is 14.1. The van der Waals surface area contributed by atoms with Crippen molar-refractivity contribution in [1.82, 2.24) is 9.78 Å². The van der Waals surface area contributed by atoms with E-state index in [0.717, 1.165) is 3.57 Å². The Kier molecular flexibility index (Phi) is 2.71. The SMILES string of the molecule is O=[N+]([O-])c1ccc(Cn2cc(I)cn2)o1. The first-order valence-corrected chi connectivity index (χ1v) is 5.14. The van der Waals surface area contributed by atoms with Crippen LogP contribution < -0.4 is 0 Å². The molecular formula is C8H6IN3O3. The Morgan fingerprint density at radius 1 is 1.60 bits per heavy atom. The minimum Gasteiger partial charge on any atom is -0.404 e. The van der Waals surface area contributed by atoms with Gasteiger partial charge < -0.3 is 4.42 Å². The van der Waals surface area contributed by atoms with Gasteiger partial charge in [0.15, 0.2) is 0 Å². The molecule has 0 N–H and O–H groups in total. The van der Waals surface area contributed by atoms with Crippen molar-refractivity contribution in [3.8, 4) is 0 Å². The Morgan fingerprint density at radius 3 is 2.93 bits per heavy atom. The summed E-state index contributed by atoms with van der Waals surface area (Å²) in [5.41, 5.74) is 0. The molecule has 0 bridgehead atoms. The number of aromatic nitrogens is 2. The normalized spacial score (nSPS) is 10.5. The lowest BCUT2D eigenvalue weighted by Crippen LogP contribution is -1.98. The molecule has 0 amide bonds. The summed E-state index contributed by atoms with van der Waals surface area (Å²) in [6.07, 6.45) is 3.53. The summed E-state index contributed by atoms with van der Waals surface area (Å²) in [5.74, 6) is 0.271. The summed E-state index contributed by atoms with van der Waals surface area (Å²) in [4.78, 5) is 9.80. The second kappa shape index (κ2) is 4.01. The molecule has 78 valence electrons. The summed E-state index contributed by atoms with van der Waals surface area (Å²) in [6.45, 7) is 0.400. The van der Waals surface area contributed by atoms with Gasteiger partial charge in [0, 0.05) is 6.20 Å². The first kappa shape index (κ1) is 10.1. The van der Waals surface area contributed by atoms with Gasteiger partial charge in [-0.2, -0.15) is 5.10 Å². The van der Waals surface area contributed by atoms with E-state index in [9.17, 15) is 10.1 Å². The molecule has 7 heteroatoms. The van der Waals surface area contributed by atoms with E-state index in [2.05, 4.69) is 27.7 Å². The van der Waals surface area contributed by atoms with Gasteiger partial charge in [0.05, 0.1) is 22.4 Å². The van der Waals surface area contributed by atoms with Gasteiger partial charge in [-0.15, -0.1) is 0 Å². The fourth-order valence-electron chi connectivity index (χ4n) is 1.13. The van der Waals surface area contributed by atoms with Crippen LogP contribution in [0.2, 0.25) is 0 Å².